The topological polar surface area (TPSA) is 104 Å². The number of anilines is 1. The van der Waals surface area contributed by atoms with E-state index in [0.717, 1.165) is 0 Å². The van der Waals surface area contributed by atoms with Crippen LogP contribution in [0, 0.1) is 0 Å². The molecule has 108 valence electrons. The molecule has 0 unspecified atom stereocenters. The number of nitrogens with zero attached hydrogens (tertiary/aromatic N) is 3. The predicted octanol–water partition coefficient (Wildman–Crippen LogP) is 0.814. The number of carbonyl (C=O) groups excluding carboxylic acids is 1. The molecule has 0 radical (unpaired) electrons. The zero-order valence-corrected chi connectivity index (χ0v) is 11.0. The zero-order chi connectivity index (χ0) is 15.2. The third kappa shape index (κ3) is 3.40. The van der Waals surface area contributed by atoms with E-state index in [0.29, 0.717) is 5.69 Å². The van der Waals surface area contributed by atoms with Crippen molar-refractivity contribution in [2.45, 2.75) is 0 Å². The number of aromatic carboxylic acids is 1. The Morgan fingerprint density at radius 2 is 1.86 bits per heavy atom. The van der Waals surface area contributed by atoms with Gasteiger partial charge in [-0.05, 0) is 24.3 Å². The Morgan fingerprint density at radius 3 is 2.38 bits per heavy atom. The van der Waals surface area contributed by atoms with E-state index in [1.807, 2.05) is 0 Å². The molecule has 0 spiro atoms. The zero-order valence-electron chi connectivity index (χ0n) is 11.0. The molecule has 0 bridgehead atoms. The van der Waals surface area contributed by atoms with Crippen LogP contribution in [-0.4, -0.2) is 45.2 Å². The van der Waals surface area contributed by atoms with Crippen LogP contribution in [0.15, 0.2) is 42.9 Å². The van der Waals surface area contributed by atoms with Gasteiger partial charge in [0.1, 0.15) is 5.69 Å². The number of hydrogen-bond donors (Lipinski definition) is 2. The first-order valence-electron chi connectivity index (χ1n) is 6.15. The van der Waals surface area contributed by atoms with Gasteiger partial charge in [0.15, 0.2) is 0 Å². The van der Waals surface area contributed by atoms with Gasteiger partial charge in [-0.3, -0.25) is 9.78 Å². The number of aliphatic hydroxyl groups excluding tert-OH is 1. The predicted molar refractivity (Wildman–Crippen MR) is 74.2 cm³/mol. The summed E-state index contributed by atoms with van der Waals surface area (Å²) in [6, 6.07) is 5.80. The largest absolute Gasteiger partial charge is 0.478 e. The van der Waals surface area contributed by atoms with E-state index in [-0.39, 0.29) is 24.4 Å². The first-order chi connectivity index (χ1) is 10.1. The van der Waals surface area contributed by atoms with Gasteiger partial charge >= 0.3 is 5.97 Å². The van der Waals surface area contributed by atoms with Gasteiger partial charge in [0.05, 0.1) is 18.4 Å². The smallest absolute Gasteiger partial charge is 0.335 e. The van der Waals surface area contributed by atoms with Crippen molar-refractivity contribution in [3.8, 4) is 0 Å². The van der Waals surface area contributed by atoms with E-state index in [1.54, 1.807) is 0 Å². The summed E-state index contributed by atoms with van der Waals surface area (Å²) in [4.78, 5) is 32.2. The minimum Gasteiger partial charge on any atom is -0.478 e. The lowest BCUT2D eigenvalue weighted by Gasteiger charge is -2.21. The number of aliphatic hydroxyl groups is 1. The molecule has 21 heavy (non-hydrogen) atoms. The van der Waals surface area contributed by atoms with Crippen molar-refractivity contribution in [3.63, 3.8) is 0 Å². The average Bonchev–Trinajstić information content (AvgIpc) is 2.53. The molecule has 2 aromatic rings. The lowest BCUT2D eigenvalue weighted by atomic mass is 10.2. The van der Waals surface area contributed by atoms with Crippen LogP contribution >= 0.6 is 0 Å². The van der Waals surface area contributed by atoms with Crippen molar-refractivity contribution in [2.75, 3.05) is 18.1 Å². The molecule has 1 aromatic heterocycles. The Hall–Kier alpha value is -2.80. The number of benzene rings is 1. The Labute approximate surface area is 120 Å². The Kier molecular flexibility index (Phi) is 4.57. The van der Waals surface area contributed by atoms with Gasteiger partial charge in [-0.1, -0.05) is 0 Å². The van der Waals surface area contributed by atoms with E-state index < -0.39 is 11.9 Å². The Morgan fingerprint density at radius 1 is 1.14 bits per heavy atom. The highest BCUT2D eigenvalue weighted by Crippen LogP contribution is 2.17. The van der Waals surface area contributed by atoms with Crippen molar-refractivity contribution >= 4 is 17.6 Å². The minimum absolute atomic E-state index is 0.0713. The second kappa shape index (κ2) is 6.58. The van der Waals surface area contributed by atoms with E-state index in [2.05, 4.69) is 9.97 Å². The highest BCUT2D eigenvalue weighted by Gasteiger charge is 2.18. The van der Waals surface area contributed by atoms with Crippen molar-refractivity contribution in [1.82, 2.24) is 9.97 Å². The van der Waals surface area contributed by atoms with Gasteiger partial charge in [0, 0.05) is 24.6 Å². The second-order valence-corrected chi connectivity index (χ2v) is 4.12. The van der Waals surface area contributed by atoms with Crippen molar-refractivity contribution in [1.29, 1.82) is 0 Å². The van der Waals surface area contributed by atoms with Gasteiger partial charge < -0.3 is 15.1 Å². The molecule has 0 aliphatic carbocycles. The van der Waals surface area contributed by atoms with Crippen LogP contribution in [0.5, 0.6) is 0 Å². The fourth-order valence-corrected chi connectivity index (χ4v) is 1.78. The maximum atomic E-state index is 12.4. The van der Waals surface area contributed by atoms with E-state index in [4.69, 9.17) is 10.2 Å². The number of carboxylic acids is 1. The molecular formula is C14H13N3O4. The summed E-state index contributed by atoms with van der Waals surface area (Å²) < 4.78 is 0. The molecule has 0 fully saturated rings. The molecule has 7 nitrogen and oxygen atoms in total. The maximum absolute atomic E-state index is 12.4. The average molecular weight is 287 g/mol. The molecule has 1 aromatic carbocycles. The first-order valence-corrected chi connectivity index (χ1v) is 6.15. The number of carbonyl (C=O) groups is 2. The minimum atomic E-state index is -1.05. The summed E-state index contributed by atoms with van der Waals surface area (Å²) in [5, 5.41) is 18.0. The standard InChI is InChI=1S/C14H13N3O4/c18-8-7-17(13(19)12-9-15-5-6-16-12)11-3-1-10(2-4-11)14(20)21/h1-6,9,18H,7-8H2,(H,20,21). The molecule has 0 atom stereocenters. The van der Waals surface area contributed by atoms with Crippen LogP contribution < -0.4 is 4.90 Å². The van der Waals surface area contributed by atoms with Gasteiger partial charge in [0.25, 0.3) is 5.91 Å². The summed E-state index contributed by atoms with van der Waals surface area (Å²) in [6.07, 6.45) is 4.19. The molecule has 2 rings (SSSR count). The molecule has 0 aliphatic heterocycles. The molecule has 0 aliphatic rings. The van der Waals surface area contributed by atoms with Gasteiger partial charge in [-0.15, -0.1) is 0 Å². The monoisotopic (exact) mass is 287 g/mol. The highest BCUT2D eigenvalue weighted by molar-refractivity contribution is 6.04. The van der Waals surface area contributed by atoms with Crippen molar-refractivity contribution < 1.29 is 19.8 Å². The lowest BCUT2D eigenvalue weighted by molar-refractivity contribution is 0.0696. The quantitative estimate of drug-likeness (QED) is 0.843. The van der Waals surface area contributed by atoms with E-state index in [9.17, 15) is 9.59 Å². The fraction of sp³-hybridized carbons (Fsp3) is 0.143. The van der Waals surface area contributed by atoms with Crippen LogP contribution in [-0.2, 0) is 0 Å². The summed E-state index contributed by atoms with van der Waals surface area (Å²) in [7, 11) is 0. The van der Waals surface area contributed by atoms with Crippen molar-refractivity contribution in [3.05, 3.63) is 54.1 Å². The van der Waals surface area contributed by atoms with E-state index >= 15 is 0 Å². The normalized spacial score (nSPS) is 10.1. The number of amides is 1. The molecular weight excluding hydrogens is 274 g/mol. The molecule has 0 saturated carbocycles. The van der Waals surface area contributed by atoms with Crippen molar-refractivity contribution in [2.24, 2.45) is 0 Å². The number of aromatic nitrogens is 2. The molecule has 7 heteroatoms. The van der Waals surface area contributed by atoms with Crippen LogP contribution in [0.3, 0.4) is 0 Å². The van der Waals surface area contributed by atoms with Gasteiger partial charge in [-0.25, -0.2) is 9.78 Å². The summed E-state index contributed by atoms with van der Waals surface area (Å²) >= 11 is 0. The number of hydrogen-bond acceptors (Lipinski definition) is 5. The van der Waals surface area contributed by atoms with E-state index in [1.165, 1.54) is 47.8 Å². The third-order valence-electron chi connectivity index (χ3n) is 2.78. The van der Waals surface area contributed by atoms with Crippen LogP contribution in [0.1, 0.15) is 20.8 Å². The summed E-state index contributed by atoms with van der Waals surface area (Å²) in [5.41, 5.74) is 0.743. The number of rotatable bonds is 5. The molecule has 1 heterocycles. The fourth-order valence-electron chi connectivity index (χ4n) is 1.78. The van der Waals surface area contributed by atoms with Gasteiger partial charge in [0.2, 0.25) is 0 Å². The first kappa shape index (κ1) is 14.6. The highest BCUT2D eigenvalue weighted by atomic mass is 16.4. The Bertz CT molecular complexity index is 628. The second-order valence-electron chi connectivity index (χ2n) is 4.12. The SMILES string of the molecule is O=C(O)c1ccc(N(CCO)C(=O)c2cnccn2)cc1. The maximum Gasteiger partial charge on any atom is 0.335 e. The van der Waals surface area contributed by atoms with Gasteiger partial charge in [-0.2, -0.15) is 0 Å². The lowest BCUT2D eigenvalue weighted by Crippen LogP contribution is -2.34. The molecule has 0 saturated heterocycles. The number of carboxylic acid groups (broad SMARTS) is 1. The van der Waals surface area contributed by atoms with Crippen LogP contribution in [0.4, 0.5) is 5.69 Å². The summed E-state index contributed by atoms with van der Waals surface area (Å²) in [6.45, 7) is -0.158. The molecule has 2 N–H and O–H groups in total. The summed E-state index contributed by atoms with van der Waals surface area (Å²) in [5.74, 6) is -1.46. The molecule has 1 amide bonds. The van der Waals surface area contributed by atoms with Crippen LogP contribution in [0.25, 0.3) is 0 Å². The third-order valence-corrected chi connectivity index (χ3v) is 2.78. The van der Waals surface area contributed by atoms with Crippen LogP contribution in [0.2, 0.25) is 0 Å². The Balaban J connectivity index is 2.30.